The van der Waals surface area contributed by atoms with Crippen molar-refractivity contribution >= 4 is 0 Å². The Morgan fingerprint density at radius 3 is 2.63 bits per heavy atom. The zero-order valence-electron chi connectivity index (χ0n) is 12.5. The Balaban J connectivity index is 2.15. The Morgan fingerprint density at radius 1 is 1.32 bits per heavy atom. The quantitative estimate of drug-likeness (QED) is 0.902. The average molecular weight is 262 g/mol. The van der Waals surface area contributed by atoms with Gasteiger partial charge in [0, 0.05) is 38.8 Å². The molecule has 2 unspecified atom stereocenters. The number of hydrogen-bond donors (Lipinski definition) is 1. The summed E-state index contributed by atoms with van der Waals surface area (Å²) in [5.74, 6) is 0. The van der Waals surface area contributed by atoms with Crippen LogP contribution >= 0.6 is 0 Å². The predicted octanol–water partition coefficient (Wildman–Crippen LogP) is 2.45. The van der Waals surface area contributed by atoms with Gasteiger partial charge in [0.05, 0.1) is 5.60 Å². The highest BCUT2D eigenvalue weighted by molar-refractivity contribution is 5.20. The number of ether oxygens (including phenoxy) is 1. The highest BCUT2D eigenvalue weighted by Gasteiger charge is 2.31. The molecular formula is C16H26N2O. The van der Waals surface area contributed by atoms with Gasteiger partial charge >= 0.3 is 0 Å². The zero-order chi connectivity index (χ0) is 13.9. The van der Waals surface area contributed by atoms with Crippen molar-refractivity contribution in [2.75, 3.05) is 26.7 Å². The Labute approximate surface area is 116 Å². The fourth-order valence-corrected chi connectivity index (χ4v) is 2.72. The summed E-state index contributed by atoms with van der Waals surface area (Å²) in [6, 6.07) is 11.7. The van der Waals surface area contributed by atoms with Gasteiger partial charge in [-0.2, -0.15) is 0 Å². The monoisotopic (exact) mass is 262 g/mol. The lowest BCUT2D eigenvalue weighted by molar-refractivity contribution is -0.0265. The summed E-state index contributed by atoms with van der Waals surface area (Å²) in [4.78, 5) is 2.54. The van der Waals surface area contributed by atoms with Crippen LogP contribution in [0.15, 0.2) is 30.3 Å². The van der Waals surface area contributed by atoms with Crippen LogP contribution in [0.2, 0.25) is 0 Å². The molecule has 0 saturated carbocycles. The van der Waals surface area contributed by atoms with Crippen molar-refractivity contribution in [3.8, 4) is 0 Å². The molecular weight excluding hydrogens is 236 g/mol. The van der Waals surface area contributed by atoms with E-state index in [9.17, 15) is 0 Å². The van der Waals surface area contributed by atoms with E-state index in [-0.39, 0.29) is 5.60 Å². The maximum absolute atomic E-state index is 5.60. The first-order chi connectivity index (χ1) is 9.02. The van der Waals surface area contributed by atoms with Gasteiger partial charge in [-0.3, -0.25) is 4.90 Å². The van der Waals surface area contributed by atoms with Gasteiger partial charge in [-0.25, -0.2) is 0 Å². The summed E-state index contributed by atoms with van der Waals surface area (Å²) in [7, 11) is 1.79. The largest absolute Gasteiger partial charge is 0.377 e. The van der Waals surface area contributed by atoms with Crippen LogP contribution in [-0.4, -0.2) is 43.3 Å². The molecule has 1 N–H and O–H groups in total. The van der Waals surface area contributed by atoms with E-state index in [0.717, 1.165) is 19.6 Å². The number of piperazine rings is 1. The Kier molecular flexibility index (Phi) is 4.61. The molecule has 1 aromatic rings. The minimum atomic E-state index is -0.107. The van der Waals surface area contributed by atoms with Gasteiger partial charge in [0.25, 0.3) is 0 Å². The molecule has 1 aromatic carbocycles. The van der Waals surface area contributed by atoms with E-state index in [1.165, 1.54) is 5.56 Å². The molecule has 1 fully saturated rings. The zero-order valence-corrected chi connectivity index (χ0v) is 12.5. The second-order valence-electron chi connectivity index (χ2n) is 6.13. The van der Waals surface area contributed by atoms with Gasteiger partial charge in [-0.05, 0) is 26.3 Å². The second-order valence-corrected chi connectivity index (χ2v) is 6.13. The third-order valence-electron chi connectivity index (χ3n) is 3.93. The molecule has 19 heavy (non-hydrogen) atoms. The first-order valence-corrected chi connectivity index (χ1v) is 7.09. The molecule has 1 heterocycles. The molecule has 1 saturated heterocycles. The van der Waals surface area contributed by atoms with Crippen molar-refractivity contribution in [3.63, 3.8) is 0 Å². The van der Waals surface area contributed by atoms with Crippen LogP contribution in [0.25, 0.3) is 0 Å². The Morgan fingerprint density at radius 2 is 2.00 bits per heavy atom. The summed E-state index contributed by atoms with van der Waals surface area (Å²) < 4.78 is 5.60. The molecule has 2 atom stereocenters. The van der Waals surface area contributed by atoms with Gasteiger partial charge < -0.3 is 10.1 Å². The van der Waals surface area contributed by atoms with Crippen LogP contribution in [0.3, 0.4) is 0 Å². The molecule has 3 heteroatoms. The summed E-state index contributed by atoms with van der Waals surface area (Å²) in [6.45, 7) is 9.57. The first-order valence-electron chi connectivity index (χ1n) is 7.09. The minimum absolute atomic E-state index is 0.107. The van der Waals surface area contributed by atoms with Crippen molar-refractivity contribution in [2.24, 2.45) is 0 Å². The summed E-state index contributed by atoms with van der Waals surface area (Å²) in [5.41, 5.74) is 1.28. The van der Waals surface area contributed by atoms with Gasteiger partial charge in [0.2, 0.25) is 0 Å². The molecule has 0 amide bonds. The van der Waals surface area contributed by atoms with E-state index < -0.39 is 0 Å². The maximum Gasteiger partial charge on any atom is 0.0749 e. The third-order valence-corrected chi connectivity index (χ3v) is 3.93. The smallest absolute Gasteiger partial charge is 0.0749 e. The van der Waals surface area contributed by atoms with Gasteiger partial charge in [-0.1, -0.05) is 30.3 Å². The molecule has 106 valence electrons. The second kappa shape index (κ2) is 6.04. The third kappa shape index (κ3) is 3.78. The molecule has 0 aromatic heterocycles. The SMILES string of the molecule is COC(C)(C)CN1CC(C)NCC1c1ccccc1. The van der Waals surface area contributed by atoms with Crippen molar-refractivity contribution < 1.29 is 4.74 Å². The Bertz CT molecular complexity index is 391. The van der Waals surface area contributed by atoms with E-state index >= 15 is 0 Å². The molecule has 1 aliphatic rings. The summed E-state index contributed by atoms with van der Waals surface area (Å²) in [5, 5.41) is 3.58. The van der Waals surface area contributed by atoms with Crippen molar-refractivity contribution in [1.29, 1.82) is 0 Å². The first kappa shape index (κ1) is 14.5. The van der Waals surface area contributed by atoms with Crippen LogP contribution in [0.4, 0.5) is 0 Å². The number of benzene rings is 1. The highest BCUT2D eigenvalue weighted by atomic mass is 16.5. The van der Waals surface area contributed by atoms with Crippen LogP contribution < -0.4 is 5.32 Å². The summed E-state index contributed by atoms with van der Waals surface area (Å²) >= 11 is 0. The lowest BCUT2D eigenvalue weighted by atomic mass is 9.98. The maximum atomic E-state index is 5.60. The van der Waals surface area contributed by atoms with Gasteiger partial charge in [0.15, 0.2) is 0 Å². The lowest BCUT2D eigenvalue weighted by Gasteiger charge is -2.43. The van der Waals surface area contributed by atoms with E-state index in [1.807, 2.05) is 0 Å². The van der Waals surface area contributed by atoms with Crippen molar-refractivity contribution in [3.05, 3.63) is 35.9 Å². The van der Waals surface area contributed by atoms with Gasteiger partial charge in [0.1, 0.15) is 0 Å². The average Bonchev–Trinajstić information content (AvgIpc) is 2.39. The fourth-order valence-electron chi connectivity index (χ4n) is 2.72. The summed E-state index contributed by atoms with van der Waals surface area (Å²) in [6.07, 6.45) is 0. The molecule has 0 spiro atoms. The van der Waals surface area contributed by atoms with Gasteiger partial charge in [-0.15, -0.1) is 0 Å². The van der Waals surface area contributed by atoms with E-state index in [0.29, 0.717) is 12.1 Å². The van der Waals surface area contributed by atoms with Crippen LogP contribution in [0, 0.1) is 0 Å². The normalized spacial score (nSPS) is 25.5. The number of methoxy groups -OCH3 is 1. The molecule has 0 bridgehead atoms. The van der Waals surface area contributed by atoms with Crippen molar-refractivity contribution in [2.45, 2.75) is 38.5 Å². The molecule has 2 rings (SSSR count). The molecule has 0 aliphatic carbocycles. The standard InChI is InChI=1S/C16H26N2O/c1-13-11-18(12-16(2,3)19-4)15(10-17-13)14-8-6-5-7-9-14/h5-9,13,15,17H,10-12H2,1-4H3. The molecule has 0 radical (unpaired) electrons. The topological polar surface area (TPSA) is 24.5 Å². The molecule has 1 aliphatic heterocycles. The number of nitrogens with one attached hydrogen (secondary N) is 1. The van der Waals surface area contributed by atoms with Crippen LogP contribution in [0.5, 0.6) is 0 Å². The van der Waals surface area contributed by atoms with E-state index in [2.05, 4.69) is 61.3 Å². The lowest BCUT2D eigenvalue weighted by Crippen LogP contribution is -2.54. The van der Waals surface area contributed by atoms with E-state index in [4.69, 9.17) is 4.74 Å². The van der Waals surface area contributed by atoms with Crippen LogP contribution in [0.1, 0.15) is 32.4 Å². The fraction of sp³-hybridized carbons (Fsp3) is 0.625. The predicted molar refractivity (Wildman–Crippen MR) is 79.3 cm³/mol. The Hall–Kier alpha value is -0.900. The molecule has 3 nitrogen and oxygen atoms in total. The van der Waals surface area contributed by atoms with E-state index in [1.54, 1.807) is 7.11 Å². The highest BCUT2D eigenvalue weighted by Crippen LogP contribution is 2.26. The van der Waals surface area contributed by atoms with Crippen molar-refractivity contribution in [1.82, 2.24) is 10.2 Å². The number of nitrogens with zero attached hydrogens (tertiary/aromatic N) is 1. The minimum Gasteiger partial charge on any atom is -0.377 e. The number of hydrogen-bond acceptors (Lipinski definition) is 3. The van der Waals surface area contributed by atoms with Crippen LogP contribution in [-0.2, 0) is 4.74 Å². The number of rotatable bonds is 4.